The van der Waals surface area contributed by atoms with Gasteiger partial charge in [-0.25, -0.2) is 0 Å². The highest BCUT2D eigenvalue weighted by molar-refractivity contribution is 6.30. The molecule has 0 bridgehead atoms. The van der Waals surface area contributed by atoms with Crippen LogP contribution < -0.4 is 5.56 Å². The summed E-state index contributed by atoms with van der Waals surface area (Å²) in [4.78, 5) is 28.0. The molecule has 24 heavy (non-hydrogen) atoms. The van der Waals surface area contributed by atoms with Gasteiger partial charge in [-0.1, -0.05) is 11.6 Å². The number of fused-ring (bicyclic) bond motifs is 1. The molecule has 3 rings (SSSR count). The van der Waals surface area contributed by atoms with E-state index in [1.807, 2.05) is 0 Å². The summed E-state index contributed by atoms with van der Waals surface area (Å²) in [6, 6.07) is 3.04. The van der Waals surface area contributed by atoms with Crippen LogP contribution in [0.5, 0.6) is 0 Å². The summed E-state index contributed by atoms with van der Waals surface area (Å²) < 4.78 is 1.74. The van der Waals surface area contributed by atoms with Gasteiger partial charge in [0.1, 0.15) is 11.1 Å². The Balaban J connectivity index is 1.84. The van der Waals surface area contributed by atoms with Crippen molar-refractivity contribution in [3.63, 3.8) is 0 Å². The number of hydrogen-bond acceptors (Lipinski definition) is 5. The van der Waals surface area contributed by atoms with E-state index in [2.05, 4.69) is 10.1 Å². The molecule has 0 spiro atoms. The van der Waals surface area contributed by atoms with E-state index in [0.29, 0.717) is 37.3 Å². The second-order valence-electron chi connectivity index (χ2n) is 5.63. The van der Waals surface area contributed by atoms with Crippen LogP contribution in [0.1, 0.15) is 34.3 Å². The lowest BCUT2D eigenvalue weighted by molar-refractivity contribution is 0.0745. The number of carbonyl (C=O) groups excluding carboxylic acids is 1. The zero-order valence-electron chi connectivity index (χ0n) is 12.8. The van der Waals surface area contributed by atoms with E-state index in [0.717, 1.165) is 5.69 Å². The summed E-state index contributed by atoms with van der Waals surface area (Å²) in [7, 11) is 0. The number of aliphatic hydroxyl groups excluding tert-OH is 2. The van der Waals surface area contributed by atoms with Gasteiger partial charge in [0.05, 0.1) is 30.1 Å². The molecule has 0 aliphatic carbocycles. The van der Waals surface area contributed by atoms with E-state index in [1.165, 1.54) is 12.3 Å². The number of aromatic nitrogens is 3. The maximum absolute atomic E-state index is 12.6. The van der Waals surface area contributed by atoms with Crippen LogP contribution in [-0.2, 0) is 13.1 Å². The summed E-state index contributed by atoms with van der Waals surface area (Å²) >= 11 is 5.78. The molecule has 2 aromatic rings. The van der Waals surface area contributed by atoms with Gasteiger partial charge in [0.25, 0.3) is 11.5 Å². The third kappa shape index (κ3) is 3.21. The number of rotatable bonds is 3. The molecule has 0 unspecified atom stereocenters. The fraction of sp³-hybridized carbons (Fsp3) is 0.400. The quantitative estimate of drug-likeness (QED) is 0.735. The summed E-state index contributed by atoms with van der Waals surface area (Å²) in [5, 5.41) is 23.0. The minimum Gasteiger partial charge on any atom is -0.393 e. The van der Waals surface area contributed by atoms with Crippen LogP contribution in [0.15, 0.2) is 23.1 Å². The van der Waals surface area contributed by atoms with Crippen molar-refractivity contribution in [2.75, 3.05) is 13.2 Å². The molecule has 2 aromatic heterocycles. The lowest BCUT2D eigenvalue weighted by Gasteiger charge is -2.20. The molecule has 8 nitrogen and oxygen atoms in total. The van der Waals surface area contributed by atoms with E-state index in [1.54, 1.807) is 15.6 Å². The number of pyridine rings is 1. The zero-order chi connectivity index (χ0) is 17.3. The fourth-order valence-corrected chi connectivity index (χ4v) is 2.85. The molecule has 1 aliphatic rings. The Morgan fingerprint density at radius 1 is 1.42 bits per heavy atom. The lowest BCUT2D eigenvalue weighted by atomic mass is 10.2. The first-order valence-corrected chi connectivity index (χ1v) is 7.90. The van der Waals surface area contributed by atoms with Crippen LogP contribution in [0.3, 0.4) is 0 Å². The SMILES string of the molecule is O=C(c1c[nH]c(=O)c(Cl)c1)N1CCCn2nc([C@H](O)CO)cc2C1. The smallest absolute Gasteiger partial charge is 0.266 e. The van der Waals surface area contributed by atoms with Crippen LogP contribution in [0.2, 0.25) is 5.02 Å². The average molecular weight is 353 g/mol. The molecule has 128 valence electrons. The van der Waals surface area contributed by atoms with Crippen molar-refractivity contribution in [2.45, 2.75) is 25.6 Å². The van der Waals surface area contributed by atoms with E-state index in [-0.39, 0.29) is 10.9 Å². The lowest BCUT2D eigenvalue weighted by Crippen LogP contribution is -2.31. The molecule has 9 heteroatoms. The normalized spacial score (nSPS) is 15.7. The van der Waals surface area contributed by atoms with Crippen molar-refractivity contribution in [1.29, 1.82) is 0 Å². The van der Waals surface area contributed by atoms with Gasteiger partial charge in [-0.05, 0) is 18.6 Å². The number of carbonyl (C=O) groups is 1. The first-order valence-electron chi connectivity index (χ1n) is 7.52. The highest BCUT2D eigenvalue weighted by Crippen LogP contribution is 2.19. The highest BCUT2D eigenvalue weighted by atomic mass is 35.5. The Morgan fingerprint density at radius 3 is 2.92 bits per heavy atom. The summed E-state index contributed by atoms with van der Waals surface area (Å²) in [5.41, 5.74) is 1.03. The Morgan fingerprint density at radius 2 is 2.21 bits per heavy atom. The van der Waals surface area contributed by atoms with Gasteiger partial charge in [-0.15, -0.1) is 0 Å². The number of aromatic amines is 1. The predicted molar refractivity (Wildman–Crippen MR) is 85.7 cm³/mol. The van der Waals surface area contributed by atoms with E-state index < -0.39 is 18.3 Å². The Labute approximate surface area is 142 Å². The molecule has 1 atom stereocenters. The molecule has 0 saturated carbocycles. The summed E-state index contributed by atoms with van der Waals surface area (Å²) in [6.07, 6.45) is 1.01. The second-order valence-corrected chi connectivity index (χ2v) is 6.03. The van der Waals surface area contributed by atoms with E-state index in [9.17, 15) is 14.7 Å². The first-order chi connectivity index (χ1) is 11.5. The van der Waals surface area contributed by atoms with Crippen molar-refractivity contribution in [3.05, 3.63) is 50.7 Å². The maximum atomic E-state index is 12.6. The largest absolute Gasteiger partial charge is 0.393 e. The van der Waals surface area contributed by atoms with Gasteiger partial charge in [0, 0.05) is 19.3 Å². The molecular formula is C15H17ClN4O4. The number of amides is 1. The fourth-order valence-electron chi connectivity index (χ4n) is 2.68. The maximum Gasteiger partial charge on any atom is 0.266 e. The molecule has 0 aromatic carbocycles. The Bertz CT molecular complexity index is 816. The van der Waals surface area contributed by atoms with Gasteiger partial charge < -0.3 is 20.1 Å². The number of nitrogens with zero attached hydrogens (tertiary/aromatic N) is 3. The molecule has 1 aliphatic heterocycles. The van der Waals surface area contributed by atoms with Gasteiger partial charge >= 0.3 is 0 Å². The number of aryl methyl sites for hydroxylation is 1. The van der Waals surface area contributed by atoms with Gasteiger partial charge in [0.2, 0.25) is 0 Å². The Kier molecular flexibility index (Phi) is 4.70. The van der Waals surface area contributed by atoms with E-state index >= 15 is 0 Å². The van der Waals surface area contributed by atoms with Gasteiger partial charge in [-0.3, -0.25) is 14.3 Å². The van der Waals surface area contributed by atoms with Crippen LogP contribution >= 0.6 is 11.6 Å². The second kappa shape index (κ2) is 6.76. The van der Waals surface area contributed by atoms with E-state index in [4.69, 9.17) is 16.7 Å². The first kappa shape index (κ1) is 16.7. The standard InChI is InChI=1S/C15H17ClN4O4/c16-11-4-9(6-17-14(11)23)15(24)19-2-1-3-20-10(7-19)5-12(18-20)13(22)8-21/h4-6,13,21-22H,1-3,7-8H2,(H,17,23)/t13-/m1/s1. The molecule has 0 fully saturated rings. The van der Waals surface area contributed by atoms with Crippen molar-refractivity contribution in [3.8, 4) is 0 Å². The third-order valence-electron chi connectivity index (χ3n) is 3.94. The molecule has 1 amide bonds. The van der Waals surface area contributed by atoms with Crippen LogP contribution in [-0.4, -0.2) is 48.9 Å². The predicted octanol–water partition coefficient (Wildman–Crippen LogP) is 0.297. The number of H-pyrrole nitrogens is 1. The molecule has 3 heterocycles. The molecule has 3 N–H and O–H groups in total. The zero-order valence-corrected chi connectivity index (χ0v) is 13.5. The van der Waals surface area contributed by atoms with Crippen molar-refractivity contribution in [2.24, 2.45) is 0 Å². The molecular weight excluding hydrogens is 336 g/mol. The van der Waals surface area contributed by atoms with Crippen molar-refractivity contribution in [1.82, 2.24) is 19.7 Å². The topological polar surface area (TPSA) is 111 Å². The van der Waals surface area contributed by atoms with Gasteiger partial charge in [0.15, 0.2) is 0 Å². The number of halogens is 1. The van der Waals surface area contributed by atoms with Crippen LogP contribution in [0.25, 0.3) is 0 Å². The van der Waals surface area contributed by atoms with Crippen molar-refractivity contribution >= 4 is 17.5 Å². The monoisotopic (exact) mass is 352 g/mol. The summed E-state index contributed by atoms with van der Waals surface area (Å²) in [5.74, 6) is -0.243. The minimum atomic E-state index is -1.04. The average Bonchev–Trinajstić information content (AvgIpc) is 2.87. The summed E-state index contributed by atoms with van der Waals surface area (Å²) in [6.45, 7) is 1.07. The van der Waals surface area contributed by atoms with Crippen molar-refractivity contribution < 1.29 is 15.0 Å². The molecule has 0 saturated heterocycles. The van der Waals surface area contributed by atoms with Crippen LogP contribution in [0.4, 0.5) is 0 Å². The number of hydrogen-bond donors (Lipinski definition) is 3. The molecule has 0 radical (unpaired) electrons. The number of nitrogens with one attached hydrogen (secondary N) is 1. The van der Waals surface area contributed by atoms with Gasteiger partial charge in [-0.2, -0.15) is 5.10 Å². The third-order valence-corrected chi connectivity index (χ3v) is 4.22. The highest BCUT2D eigenvalue weighted by Gasteiger charge is 2.23. The van der Waals surface area contributed by atoms with Crippen LogP contribution in [0, 0.1) is 0 Å². The number of aliphatic hydroxyl groups is 2. The minimum absolute atomic E-state index is 0.0333. The Hall–Kier alpha value is -2.16.